The van der Waals surface area contributed by atoms with Gasteiger partial charge in [-0.1, -0.05) is 12.1 Å². The van der Waals surface area contributed by atoms with Gasteiger partial charge < -0.3 is 14.1 Å². The second kappa shape index (κ2) is 6.43. The largest absolute Gasteiger partial charge is 0.489 e. The molecule has 6 heteroatoms. The number of furan rings is 1. The molecule has 0 saturated carbocycles. The Kier molecular flexibility index (Phi) is 4.63. The summed E-state index contributed by atoms with van der Waals surface area (Å²) < 4.78 is 23.6. The predicted molar refractivity (Wildman–Crippen MR) is 72.6 cm³/mol. The van der Waals surface area contributed by atoms with E-state index in [1.54, 1.807) is 19.2 Å². The molecule has 1 heterocycles. The molecule has 0 fully saturated rings. The van der Waals surface area contributed by atoms with Crippen LogP contribution in [0, 0.1) is 5.82 Å². The summed E-state index contributed by atoms with van der Waals surface area (Å²) in [6, 6.07) is 9.10. The third-order valence-electron chi connectivity index (χ3n) is 2.65. The van der Waals surface area contributed by atoms with Crippen molar-refractivity contribution in [2.45, 2.75) is 0 Å². The van der Waals surface area contributed by atoms with Crippen molar-refractivity contribution in [3.63, 3.8) is 0 Å². The number of rotatable bonds is 5. The Morgan fingerprint density at radius 3 is 2.75 bits per heavy atom. The first-order chi connectivity index (χ1) is 9.58. The van der Waals surface area contributed by atoms with E-state index in [-0.39, 0.29) is 29.2 Å². The van der Waals surface area contributed by atoms with Gasteiger partial charge in [-0.25, -0.2) is 4.39 Å². The number of ether oxygens (including phenoxy) is 1. The standard InChI is InChI=1S/C14H13ClFNO3/c1-17(14(18)12-6-7-13(15)20-12)8-9-19-11-5-3-2-4-10(11)16/h2-7H,8-9H2,1H3. The number of para-hydroxylation sites is 1. The highest BCUT2D eigenvalue weighted by Crippen LogP contribution is 2.16. The third-order valence-corrected chi connectivity index (χ3v) is 2.85. The Labute approximate surface area is 120 Å². The van der Waals surface area contributed by atoms with Gasteiger partial charge in [0.25, 0.3) is 5.91 Å². The van der Waals surface area contributed by atoms with Crippen molar-refractivity contribution >= 4 is 17.5 Å². The van der Waals surface area contributed by atoms with Crippen LogP contribution in [-0.4, -0.2) is 31.0 Å². The van der Waals surface area contributed by atoms with Crippen molar-refractivity contribution in [3.8, 4) is 5.75 Å². The Balaban J connectivity index is 1.85. The van der Waals surface area contributed by atoms with E-state index < -0.39 is 5.82 Å². The summed E-state index contributed by atoms with van der Waals surface area (Å²) in [6.07, 6.45) is 0. The fourth-order valence-electron chi connectivity index (χ4n) is 1.57. The minimum Gasteiger partial charge on any atom is -0.489 e. The van der Waals surface area contributed by atoms with Crippen molar-refractivity contribution in [1.82, 2.24) is 4.90 Å². The van der Waals surface area contributed by atoms with E-state index >= 15 is 0 Å². The monoisotopic (exact) mass is 297 g/mol. The quantitative estimate of drug-likeness (QED) is 0.851. The van der Waals surface area contributed by atoms with Crippen LogP contribution in [0.4, 0.5) is 4.39 Å². The van der Waals surface area contributed by atoms with Gasteiger partial charge in [0.1, 0.15) is 6.61 Å². The number of amides is 1. The molecule has 2 rings (SSSR count). The van der Waals surface area contributed by atoms with Gasteiger partial charge >= 0.3 is 0 Å². The Morgan fingerprint density at radius 2 is 2.10 bits per heavy atom. The molecule has 1 aromatic carbocycles. The van der Waals surface area contributed by atoms with Crippen LogP contribution in [0.15, 0.2) is 40.8 Å². The molecule has 0 aliphatic rings. The van der Waals surface area contributed by atoms with Gasteiger partial charge in [-0.05, 0) is 35.9 Å². The van der Waals surface area contributed by atoms with Crippen LogP contribution in [0.1, 0.15) is 10.6 Å². The zero-order chi connectivity index (χ0) is 14.5. The molecule has 0 N–H and O–H groups in total. The van der Waals surface area contributed by atoms with Crippen molar-refractivity contribution in [2.24, 2.45) is 0 Å². The molecule has 0 bridgehead atoms. The maximum absolute atomic E-state index is 13.3. The molecule has 0 saturated heterocycles. The molecule has 20 heavy (non-hydrogen) atoms. The predicted octanol–water partition coefficient (Wildman–Crippen LogP) is 3.22. The molecule has 1 amide bonds. The summed E-state index contributed by atoms with van der Waals surface area (Å²) in [7, 11) is 1.60. The Bertz CT molecular complexity index is 600. The van der Waals surface area contributed by atoms with Crippen LogP contribution in [0.5, 0.6) is 5.75 Å². The number of carbonyl (C=O) groups is 1. The molecule has 0 radical (unpaired) electrons. The first-order valence-electron chi connectivity index (χ1n) is 5.96. The Morgan fingerprint density at radius 1 is 1.35 bits per heavy atom. The third kappa shape index (κ3) is 3.51. The number of hydrogen-bond acceptors (Lipinski definition) is 3. The molecule has 106 valence electrons. The van der Waals surface area contributed by atoms with Crippen LogP contribution in [0.25, 0.3) is 0 Å². The number of nitrogens with zero attached hydrogens (tertiary/aromatic N) is 1. The minimum atomic E-state index is -0.431. The number of hydrogen-bond donors (Lipinski definition) is 0. The van der Waals surface area contributed by atoms with Crippen LogP contribution in [0.2, 0.25) is 5.22 Å². The lowest BCUT2D eigenvalue weighted by molar-refractivity contribution is 0.0741. The molecule has 0 aliphatic heterocycles. The lowest BCUT2D eigenvalue weighted by Gasteiger charge is -2.16. The molecule has 0 atom stereocenters. The van der Waals surface area contributed by atoms with Crippen LogP contribution in [0.3, 0.4) is 0 Å². The number of carbonyl (C=O) groups excluding carboxylic acids is 1. The average Bonchev–Trinajstić information content (AvgIpc) is 2.86. The molecular weight excluding hydrogens is 285 g/mol. The summed E-state index contributed by atoms with van der Waals surface area (Å²) in [5.74, 6) is -0.425. The highest BCUT2D eigenvalue weighted by atomic mass is 35.5. The van der Waals surface area contributed by atoms with E-state index in [2.05, 4.69) is 0 Å². The van der Waals surface area contributed by atoms with E-state index in [1.165, 1.54) is 29.2 Å². The van der Waals surface area contributed by atoms with Gasteiger partial charge in [-0.2, -0.15) is 0 Å². The SMILES string of the molecule is CN(CCOc1ccccc1F)C(=O)c1ccc(Cl)o1. The van der Waals surface area contributed by atoms with Crippen molar-refractivity contribution in [3.05, 3.63) is 53.2 Å². The van der Waals surface area contributed by atoms with Crippen molar-refractivity contribution < 1.29 is 18.3 Å². The Hall–Kier alpha value is -2.01. The first kappa shape index (κ1) is 14.4. The smallest absolute Gasteiger partial charge is 0.289 e. The molecule has 4 nitrogen and oxygen atoms in total. The van der Waals surface area contributed by atoms with Gasteiger partial charge in [-0.15, -0.1) is 0 Å². The van der Waals surface area contributed by atoms with Gasteiger partial charge in [0, 0.05) is 7.05 Å². The highest BCUT2D eigenvalue weighted by molar-refractivity contribution is 6.29. The van der Waals surface area contributed by atoms with Crippen molar-refractivity contribution in [2.75, 3.05) is 20.2 Å². The second-order valence-corrected chi connectivity index (χ2v) is 4.48. The summed E-state index contributed by atoms with van der Waals surface area (Å²) in [5, 5.41) is 0.157. The zero-order valence-electron chi connectivity index (χ0n) is 10.8. The first-order valence-corrected chi connectivity index (χ1v) is 6.34. The maximum Gasteiger partial charge on any atom is 0.289 e. The van der Waals surface area contributed by atoms with E-state index in [0.29, 0.717) is 6.54 Å². The van der Waals surface area contributed by atoms with Crippen LogP contribution in [-0.2, 0) is 0 Å². The van der Waals surface area contributed by atoms with Crippen LogP contribution >= 0.6 is 11.6 Å². The summed E-state index contributed by atoms with van der Waals surface area (Å²) in [6.45, 7) is 0.475. The molecular formula is C14H13ClFNO3. The lowest BCUT2D eigenvalue weighted by Crippen LogP contribution is -2.30. The van der Waals surface area contributed by atoms with Crippen LogP contribution < -0.4 is 4.74 Å². The fraction of sp³-hybridized carbons (Fsp3) is 0.214. The average molecular weight is 298 g/mol. The van der Waals surface area contributed by atoms with Crippen molar-refractivity contribution in [1.29, 1.82) is 0 Å². The minimum absolute atomic E-state index is 0.156. The van der Waals surface area contributed by atoms with Gasteiger partial charge in [0.15, 0.2) is 22.5 Å². The molecule has 0 unspecified atom stereocenters. The summed E-state index contributed by atoms with van der Waals surface area (Å²) >= 11 is 5.61. The van der Waals surface area contributed by atoms with E-state index in [1.807, 2.05) is 0 Å². The van der Waals surface area contributed by atoms with Gasteiger partial charge in [0.2, 0.25) is 0 Å². The van der Waals surface area contributed by atoms with Gasteiger partial charge in [0.05, 0.1) is 6.54 Å². The number of benzene rings is 1. The molecule has 0 aliphatic carbocycles. The molecule has 1 aromatic heterocycles. The van der Waals surface area contributed by atoms with E-state index in [0.717, 1.165) is 0 Å². The fourth-order valence-corrected chi connectivity index (χ4v) is 1.72. The lowest BCUT2D eigenvalue weighted by atomic mass is 10.3. The normalized spacial score (nSPS) is 10.3. The summed E-state index contributed by atoms with van der Waals surface area (Å²) in [5.41, 5.74) is 0. The maximum atomic E-state index is 13.3. The molecule has 2 aromatic rings. The van der Waals surface area contributed by atoms with E-state index in [9.17, 15) is 9.18 Å². The second-order valence-electron chi connectivity index (χ2n) is 4.11. The number of halogens is 2. The van der Waals surface area contributed by atoms with E-state index in [4.69, 9.17) is 20.8 Å². The van der Waals surface area contributed by atoms with Gasteiger partial charge in [-0.3, -0.25) is 4.79 Å². The summed E-state index contributed by atoms with van der Waals surface area (Å²) in [4.78, 5) is 13.3. The molecule has 0 spiro atoms. The topological polar surface area (TPSA) is 42.7 Å². The number of likely N-dealkylation sites (N-methyl/N-ethyl adjacent to an activating group) is 1. The highest BCUT2D eigenvalue weighted by Gasteiger charge is 2.15. The zero-order valence-corrected chi connectivity index (χ0v) is 11.6.